The van der Waals surface area contributed by atoms with Crippen LogP contribution in [0.5, 0.6) is 0 Å². The molecule has 3 rings (SSSR count). The summed E-state index contributed by atoms with van der Waals surface area (Å²) >= 11 is 0. The van der Waals surface area contributed by atoms with Crippen LogP contribution in [0.15, 0.2) is 28.9 Å². The molecule has 0 saturated heterocycles. The van der Waals surface area contributed by atoms with Gasteiger partial charge in [0.1, 0.15) is 11.6 Å². The van der Waals surface area contributed by atoms with Crippen molar-refractivity contribution in [3.63, 3.8) is 0 Å². The zero-order valence-electron chi connectivity index (χ0n) is 10.9. The van der Waals surface area contributed by atoms with E-state index < -0.39 is 0 Å². The highest BCUT2D eigenvalue weighted by Gasteiger charge is 2.12. The highest BCUT2D eigenvalue weighted by Crippen LogP contribution is 2.26. The summed E-state index contributed by atoms with van der Waals surface area (Å²) in [6, 6.07) is 6.24. The fourth-order valence-corrected chi connectivity index (χ4v) is 2.22. The number of rotatable bonds is 2. The molecule has 3 nitrogen and oxygen atoms in total. The van der Waals surface area contributed by atoms with Crippen LogP contribution >= 0.6 is 0 Å². The first-order valence-electron chi connectivity index (χ1n) is 6.22. The highest BCUT2D eigenvalue weighted by atomic mass is 16.3. The summed E-state index contributed by atoms with van der Waals surface area (Å²) in [6.07, 6.45) is 2.59. The minimum Gasteiger partial charge on any atom is -0.469 e. The Morgan fingerprint density at radius 3 is 2.78 bits per heavy atom. The Hall–Kier alpha value is -2.03. The van der Waals surface area contributed by atoms with Gasteiger partial charge in [-0.15, -0.1) is 0 Å². The van der Waals surface area contributed by atoms with E-state index in [1.165, 1.54) is 11.1 Å². The third kappa shape index (κ3) is 1.63. The van der Waals surface area contributed by atoms with Gasteiger partial charge in [-0.05, 0) is 43.2 Å². The van der Waals surface area contributed by atoms with Gasteiger partial charge in [0.15, 0.2) is 0 Å². The number of hydrogen-bond acceptors (Lipinski definition) is 2. The lowest BCUT2D eigenvalue weighted by Gasteiger charge is -1.97. The van der Waals surface area contributed by atoms with Crippen LogP contribution in [0, 0.1) is 13.8 Å². The minimum atomic E-state index is 0.872. The molecule has 0 bridgehead atoms. The summed E-state index contributed by atoms with van der Waals surface area (Å²) in [5, 5.41) is 0. The Balaban J connectivity index is 2.19. The second-order valence-corrected chi connectivity index (χ2v) is 4.65. The van der Waals surface area contributed by atoms with Crippen molar-refractivity contribution in [3.8, 4) is 11.4 Å². The van der Waals surface area contributed by atoms with Crippen LogP contribution in [0.3, 0.4) is 0 Å². The molecule has 2 heterocycles. The van der Waals surface area contributed by atoms with Crippen LogP contribution in [-0.2, 0) is 6.42 Å². The smallest absolute Gasteiger partial charge is 0.142 e. The van der Waals surface area contributed by atoms with E-state index in [1.807, 2.05) is 6.07 Å². The van der Waals surface area contributed by atoms with Crippen molar-refractivity contribution >= 4 is 11.0 Å². The summed E-state index contributed by atoms with van der Waals surface area (Å²) in [4.78, 5) is 8.02. The van der Waals surface area contributed by atoms with Crippen LogP contribution in [0.1, 0.15) is 23.8 Å². The van der Waals surface area contributed by atoms with Crippen molar-refractivity contribution < 1.29 is 4.42 Å². The van der Waals surface area contributed by atoms with Crippen LogP contribution in [0.2, 0.25) is 0 Å². The summed E-state index contributed by atoms with van der Waals surface area (Å²) in [5.41, 5.74) is 5.70. The van der Waals surface area contributed by atoms with Gasteiger partial charge in [-0.25, -0.2) is 4.98 Å². The Labute approximate surface area is 106 Å². The first-order chi connectivity index (χ1) is 8.69. The maximum absolute atomic E-state index is 5.45. The number of aromatic nitrogens is 2. The molecular formula is C15H16N2O. The molecule has 0 spiro atoms. The number of imidazole rings is 1. The van der Waals surface area contributed by atoms with Crippen molar-refractivity contribution in [1.29, 1.82) is 0 Å². The van der Waals surface area contributed by atoms with E-state index in [0.717, 1.165) is 34.6 Å². The molecule has 1 aromatic carbocycles. The van der Waals surface area contributed by atoms with Crippen molar-refractivity contribution in [2.24, 2.45) is 0 Å². The lowest BCUT2D eigenvalue weighted by atomic mass is 10.1. The number of aromatic amines is 1. The Morgan fingerprint density at radius 2 is 2.00 bits per heavy atom. The van der Waals surface area contributed by atoms with E-state index in [9.17, 15) is 0 Å². The first-order valence-corrected chi connectivity index (χ1v) is 6.22. The average Bonchev–Trinajstić information content (AvgIpc) is 2.95. The molecule has 0 aliphatic carbocycles. The summed E-state index contributed by atoms with van der Waals surface area (Å²) in [6.45, 7) is 6.31. The Kier molecular flexibility index (Phi) is 2.47. The fourth-order valence-electron chi connectivity index (χ4n) is 2.22. The largest absolute Gasteiger partial charge is 0.469 e. The molecule has 0 fully saturated rings. The van der Waals surface area contributed by atoms with E-state index in [0.29, 0.717) is 0 Å². The van der Waals surface area contributed by atoms with Gasteiger partial charge in [-0.2, -0.15) is 0 Å². The number of nitrogens with zero attached hydrogens (tertiary/aromatic N) is 1. The van der Waals surface area contributed by atoms with E-state index >= 15 is 0 Å². The SMILES string of the molecule is CCc1occc1-c1nc2cc(C)c(C)cc2[nH]1. The highest BCUT2D eigenvalue weighted by molar-refractivity contribution is 5.81. The van der Waals surface area contributed by atoms with Gasteiger partial charge in [0, 0.05) is 6.42 Å². The van der Waals surface area contributed by atoms with Crippen molar-refractivity contribution in [3.05, 3.63) is 41.3 Å². The molecule has 18 heavy (non-hydrogen) atoms. The van der Waals surface area contributed by atoms with Gasteiger partial charge in [-0.1, -0.05) is 6.92 Å². The van der Waals surface area contributed by atoms with Crippen molar-refractivity contribution in [2.45, 2.75) is 27.2 Å². The van der Waals surface area contributed by atoms with Crippen LogP contribution in [0.4, 0.5) is 0 Å². The van der Waals surface area contributed by atoms with Crippen LogP contribution in [0.25, 0.3) is 22.4 Å². The molecule has 2 aromatic heterocycles. The average molecular weight is 240 g/mol. The second kappa shape index (κ2) is 4.02. The maximum atomic E-state index is 5.45. The monoisotopic (exact) mass is 240 g/mol. The third-order valence-electron chi connectivity index (χ3n) is 3.42. The predicted octanol–water partition coefficient (Wildman–Crippen LogP) is 4.00. The third-order valence-corrected chi connectivity index (χ3v) is 3.42. The molecule has 0 aliphatic rings. The van der Waals surface area contributed by atoms with Gasteiger partial charge in [-0.3, -0.25) is 0 Å². The molecule has 1 N–H and O–H groups in total. The molecule has 0 atom stereocenters. The normalized spacial score (nSPS) is 11.3. The number of aryl methyl sites for hydroxylation is 3. The van der Waals surface area contributed by atoms with Gasteiger partial charge >= 0.3 is 0 Å². The number of furan rings is 1. The predicted molar refractivity (Wildman–Crippen MR) is 72.6 cm³/mol. The number of nitrogens with one attached hydrogen (secondary N) is 1. The molecular weight excluding hydrogens is 224 g/mol. The molecule has 92 valence electrons. The summed E-state index contributed by atoms with van der Waals surface area (Å²) < 4.78 is 5.45. The molecule has 0 saturated carbocycles. The topological polar surface area (TPSA) is 41.8 Å². The fraction of sp³-hybridized carbons (Fsp3) is 0.267. The molecule has 0 aliphatic heterocycles. The number of H-pyrrole nitrogens is 1. The van der Waals surface area contributed by atoms with Crippen LogP contribution < -0.4 is 0 Å². The zero-order valence-corrected chi connectivity index (χ0v) is 10.9. The molecule has 0 radical (unpaired) electrons. The van der Waals surface area contributed by atoms with E-state index in [4.69, 9.17) is 4.42 Å². The first kappa shape index (κ1) is 11.1. The molecule has 0 amide bonds. The Morgan fingerprint density at radius 1 is 1.22 bits per heavy atom. The summed E-state index contributed by atoms with van der Waals surface area (Å²) in [7, 11) is 0. The van der Waals surface area contributed by atoms with E-state index in [2.05, 4.69) is 42.9 Å². The van der Waals surface area contributed by atoms with Gasteiger partial charge in [0.05, 0.1) is 22.9 Å². The van der Waals surface area contributed by atoms with Crippen LogP contribution in [-0.4, -0.2) is 9.97 Å². The number of fused-ring (bicyclic) bond motifs is 1. The standard InChI is InChI=1S/C15H16N2O/c1-4-14-11(5-6-18-14)15-16-12-7-9(2)10(3)8-13(12)17-15/h5-8H,4H2,1-3H3,(H,16,17). The Bertz CT molecular complexity index is 667. The van der Waals surface area contributed by atoms with E-state index in [1.54, 1.807) is 6.26 Å². The zero-order chi connectivity index (χ0) is 12.7. The molecule has 3 aromatic rings. The quantitative estimate of drug-likeness (QED) is 0.735. The number of hydrogen-bond donors (Lipinski definition) is 1. The van der Waals surface area contributed by atoms with E-state index in [-0.39, 0.29) is 0 Å². The van der Waals surface area contributed by atoms with Crippen molar-refractivity contribution in [2.75, 3.05) is 0 Å². The van der Waals surface area contributed by atoms with Crippen molar-refractivity contribution in [1.82, 2.24) is 9.97 Å². The van der Waals surface area contributed by atoms with Gasteiger partial charge in [0.25, 0.3) is 0 Å². The van der Waals surface area contributed by atoms with Gasteiger partial charge < -0.3 is 9.40 Å². The summed E-state index contributed by atoms with van der Waals surface area (Å²) in [5.74, 6) is 1.86. The maximum Gasteiger partial charge on any atom is 0.142 e. The van der Waals surface area contributed by atoms with Gasteiger partial charge in [0.2, 0.25) is 0 Å². The lowest BCUT2D eigenvalue weighted by molar-refractivity contribution is 0.517. The lowest BCUT2D eigenvalue weighted by Crippen LogP contribution is -1.83. The molecule has 3 heteroatoms. The minimum absolute atomic E-state index is 0.872. The second-order valence-electron chi connectivity index (χ2n) is 4.65. The molecule has 0 unspecified atom stereocenters. The number of benzene rings is 1.